The molecule has 1 aromatic carbocycles. The summed E-state index contributed by atoms with van der Waals surface area (Å²) in [7, 11) is 1.77. The predicted molar refractivity (Wildman–Crippen MR) is 124 cm³/mol. The molecule has 0 bridgehead atoms. The van der Waals surface area contributed by atoms with Crippen LogP contribution >= 0.6 is 0 Å². The van der Waals surface area contributed by atoms with E-state index in [1.807, 2.05) is 44.2 Å². The number of ether oxygens (including phenoxy) is 1. The number of imidazole rings is 1. The molecule has 4 rings (SSSR count). The Hall–Kier alpha value is -4.14. The molecular formula is C23H25N7O2. The van der Waals surface area contributed by atoms with Gasteiger partial charge in [-0.1, -0.05) is 12.1 Å². The van der Waals surface area contributed by atoms with Crippen molar-refractivity contribution in [3.8, 4) is 5.69 Å². The van der Waals surface area contributed by atoms with E-state index in [0.717, 1.165) is 33.8 Å². The van der Waals surface area contributed by atoms with Crippen LogP contribution in [0.5, 0.6) is 0 Å². The summed E-state index contributed by atoms with van der Waals surface area (Å²) in [6.45, 7) is 5.86. The first kappa shape index (κ1) is 21.1. The number of anilines is 2. The zero-order valence-corrected chi connectivity index (χ0v) is 18.5. The maximum Gasteiger partial charge on any atom is 0.332 e. The molecule has 0 saturated carbocycles. The summed E-state index contributed by atoms with van der Waals surface area (Å²) in [5, 5.41) is 7.59. The maximum absolute atomic E-state index is 12.2. The molecule has 0 unspecified atom stereocenters. The number of hydrogen-bond donors (Lipinski definition) is 2. The normalized spacial score (nSPS) is 11.7. The lowest BCUT2D eigenvalue weighted by Crippen LogP contribution is -2.08. The van der Waals surface area contributed by atoms with Crippen molar-refractivity contribution in [1.82, 2.24) is 24.3 Å². The molecule has 0 aliphatic carbocycles. The highest BCUT2D eigenvalue weighted by molar-refractivity contribution is 5.95. The van der Waals surface area contributed by atoms with Gasteiger partial charge in [-0.05, 0) is 44.5 Å². The van der Waals surface area contributed by atoms with Crippen LogP contribution in [0.15, 0.2) is 48.8 Å². The minimum atomic E-state index is -0.442. The third-order valence-corrected chi connectivity index (χ3v) is 5.14. The van der Waals surface area contributed by atoms with Gasteiger partial charge in [-0.25, -0.2) is 9.78 Å². The number of carbonyl (C=O) groups is 1. The molecule has 3 N–H and O–H groups in total. The number of benzene rings is 1. The fraction of sp³-hybridized carbons (Fsp3) is 0.217. The molecule has 0 saturated heterocycles. The summed E-state index contributed by atoms with van der Waals surface area (Å²) in [5.74, 6) is 0.895. The van der Waals surface area contributed by atoms with Gasteiger partial charge in [0.2, 0.25) is 0 Å². The van der Waals surface area contributed by atoms with Crippen LogP contribution in [0.25, 0.3) is 22.4 Å². The van der Waals surface area contributed by atoms with E-state index in [2.05, 4.69) is 25.0 Å². The van der Waals surface area contributed by atoms with Crippen LogP contribution in [0.2, 0.25) is 0 Å². The number of aryl methyl sites for hydroxylation is 3. The van der Waals surface area contributed by atoms with Gasteiger partial charge in [0.1, 0.15) is 22.8 Å². The van der Waals surface area contributed by atoms with Gasteiger partial charge in [-0.15, -0.1) is 0 Å². The van der Waals surface area contributed by atoms with Crippen molar-refractivity contribution >= 4 is 34.2 Å². The van der Waals surface area contributed by atoms with Crippen molar-refractivity contribution in [2.45, 2.75) is 20.8 Å². The molecule has 0 fully saturated rings. The molecule has 0 atom stereocenters. The van der Waals surface area contributed by atoms with Gasteiger partial charge in [0.15, 0.2) is 0 Å². The third-order valence-electron chi connectivity index (χ3n) is 5.14. The van der Waals surface area contributed by atoms with Gasteiger partial charge in [0, 0.05) is 25.0 Å². The summed E-state index contributed by atoms with van der Waals surface area (Å²) in [6.07, 6.45) is 4.92. The second kappa shape index (κ2) is 8.54. The number of nitrogen functional groups attached to an aromatic ring is 1. The Morgan fingerprint density at radius 2 is 1.97 bits per heavy atom. The fourth-order valence-corrected chi connectivity index (χ4v) is 3.63. The van der Waals surface area contributed by atoms with Crippen LogP contribution < -0.4 is 11.1 Å². The molecule has 0 amide bonds. The lowest BCUT2D eigenvalue weighted by Gasteiger charge is -2.13. The van der Waals surface area contributed by atoms with E-state index in [0.29, 0.717) is 17.2 Å². The molecule has 9 nitrogen and oxygen atoms in total. The molecule has 9 heteroatoms. The standard InChI is InChI=1S/C23H25N7O2/c1-5-32-21(31)12-18(27-22-14(2)28-29(4)23(22)24)16-6-8-17(9-7-16)30-15(3)26-19-13-25-11-10-20(19)30/h6-13,27H,5,24H2,1-4H3/b18-12+. The van der Waals surface area contributed by atoms with Crippen LogP contribution in [-0.4, -0.2) is 36.9 Å². The van der Waals surface area contributed by atoms with E-state index in [9.17, 15) is 4.79 Å². The minimum absolute atomic E-state index is 0.289. The molecule has 0 radical (unpaired) electrons. The molecular weight excluding hydrogens is 406 g/mol. The minimum Gasteiger partial charge on any atom is -0.463 e. The summed E-state index contributed by atoms with van der Waals surface area (Å²) in [5.41, 5.74) is 11.7. The summed E-state index contributed by atoms with van der Waals surface area (Å²) < 4.78 is 8.77. The van der Waals surface area contributed by atoms with Crippen molar-refractivity contribution < 1.29 is 9.53 Å². The monoisotopic (exact) mass is 431 g/mol. The summed E-state index contributed by atoms with van der Waals surface area (Å²) >= 11 is 0. The van der Waals surface area contributed by atoms with Crippen molar-refractivity contribution in [1.29, 1.82) is 0 Å². The Kier molecular flexibility index (Phi) is 5.63. The zero-order chi connectivity index (χ0) is 22.8. The Bertz CT molecular complexity index is 1320. The third kappa shape index (κ3) is 3.92. The molecule has 4 aromatic rings. The SMILES string of the molecule is CCOC(=O)/C=C(/Nc1c(C)nn(C)c1N)c1ccc(-n2c(C)nc3cnccc32)cc1. The Morgan fingerprint density at radius 1 is 1.22 bits per heavy atom. The van der Waals surface area contributed by atoms with Crippen LogP contribution in [-0.2, 0) is 16.6 Å². The van der Waals surface area contributed by atoms with Crippen LogP contribution in [0.3, 0.4) is 0 Å². The number of aromatic nitrogens is 5. The number of esters is 1. The number of nitrogens with one attached hydrogen (secondary N) is 1. The largest absolute Gasteiger partial charge is 0.463 e. The predicted octanol–water partition coefficient (Wildman–Crippen LogP) is 3.37. The first-order valence-corrected chi connectivity index (χ1v) is 10.2. The van der Waals surface area contributed by atoms with Crippen LogP contribution in [0.1, 0.15) is 24.0 Å². The number of pyridine rings is 1. The number of nitrogens with two attached hydrogens (primary N) is 1. The number of fused-ring (bicyclic) bond motifs is 1. The summed E-state index contributed by atoms with van der Waals surface area (Å²) in [6, 6.07) is 9.75. The topological polar surface area (TPSA) is 113 Å². The average Bonchev–Trinajstić information content (AvgIpc) is 3.23. The number of hydrogen-bond acceptors (Lipinski definition) is 7. The fourth-order valence-electron chi connectivity index (χ4n) is 3.63. The summed E-state index contributed by atoms with van der Waals surface area (Å²) in [4.78, 5) is 20.9. The van der Waals surface area contributed by atoms with E-state index in [1.165, 1.54) is 6.08 Å². The van der Waals surface area contributed by atoms with Gasteiger partial charge in [0.05, 0.1) is 29.7 Å². The zero-order valence-electron chi connectivity index (χ0n) is 18.5. The van der Waals surface area contributed by atoms with Crippen molar-refractivity contribution in [3.63, 3.8) is 0 Å². The van der Waals surface area contributed by atoms with Gasteiger partial charge in [-0.2, -0.15) is 5.10 Å². The maximum atomic E-state index is 12.2. The Balaban J connectivity index is 1.73. The first-order valence-electron chi connectivity index (χ1n) is 10.2. The highest BCUT2D eigenvalue weighted by atomic mass is 16.5. The number of nitrogens with zero attached hydrogens (tertiary/aromatic N) is 5. The van der Waals surface area contributed by atoms with Gasteiger partial charge in [0.25, 0.3) is 0 Å². The molecule has 164 valence electrons. The number of rotatable bonds is 6. The average molecular weight is 432 g/mol. The van der Waals surface area contributed by atoms with Gasteiger partial charge in [-0.3, -0.25) is 14.2 Å². The van der Waals surface area contributed by atoms with E-state index >= 15 is 0 Å². The van der Waals surface area contributed by atoms with E-state index in [1.54, 1.807) is 31.0 Å². The highest BCUT2D eigenvalue weighted by Gasteiger charge is 2.15. The molecule has 0 spiro atoms. The first-order chi connectivity index (χ1) is 15.4. The van der Waals surface area contributed by atoms with Crippen molar-refractivity contribution in [2.75, 3.05) is 17.7 Å². The smallest absolute Gasteiger partial charge is 0.332 e. The molecule has 32 heavy (non-hydrogen) atoms. The Labute approximate surface area is 185 Å². The van der Waals surface area contributed by atoms with E-state index in [-0.39, 0.29) is 6.61 Å². The lowest BCUT2D eigenvalue weighted by molar-refractivity contribution is -0.137. The van der Waals surface area contributed by atoms with Crippen LogP contribution in [0, 0.1) is 13.8 Å². The quantitative estimate of drug-likeness (QED) is 0.355. The highest BCUT2D eigenvalue weighted by Crippen LogP contribution is 2.28. The van der Waals surface area contributed by atoms with Gasteiger partial charge >= 0.3 is 5.97 Å². The second-order valence-corrected chi connectivity index (χ2v) is 7.31. The molecule has 0 aliphatic rings. The second-order valence-electron chi connectivity index (χ2n) is 7.31. The Morgan fingerprint density at radius 3 is 2.62 bits per heavy atom. The van der Waals surface area contributed by atoms with E-state index in [4.69, 9.17) is 10.5 Å². The molecule has 3 heterocycles. The molecule has 0 aliphatic heterocycles. The van der Waals surface area contributed by atoms with E-state index < -0.39 is 5.97 Å². The lowest BCUT2D eigenvalue weighted by atomic mass is 10.1. The molecule has 3 aromatic heterocycles. The van der Waals surface area contributed by atoms with Crippen LogP contribution in [0.4, 0.5) is 11.5 Å². The number of carbonyl (C=O) groups excluding carboxylic acids is 1. The van der Waals surface area contributed by atoms with Crippen molar-refractivity contribution in [3.05, 3.63) is 65.9 Å². The van der Waals surface area contributed by atoms with Gasteiger partial charge < -0.3 is 15.8 Å². The van der Waals surface area contributed by atoms with Crippen molar-refractivity contribution in [2.24, 2.45) is 7.05 Å².